The largest absolute Gasteiger partial charge is 0.481 e. The standard InChI is InChI=1S/C24H18BrNO5S/c25-19-9-10-22(31-20-6-3-4-16(12-20)13-24(27)28)18(14-19)15-32(29,30)23-11-8-17-5-1-2-7-21(17)26-23/h1-12,14H,13,15H2,(H,27,28). The van der Waals surface area contributed by atoms with Gasteiger partial charge >= 0.3 is 5.97 Å². The maximum Gasteiger partial charge on any atom is 0.307 e. The molecule has 3 aromatic carbocycles. The molecule has 1 N–H and O–H groups in total. The van der Waals surface area contributed by atoms with Crippen LogP contribution in [0, 0.1) is 0 Å². The number of hydrogen-bond donors (Lipinski definition) is 1. The highest BCUT2D eigenvalue weighted by Gasteiger charge is 2.21. The Balaban J connectivity index is 1.65. The van der Waals surface area contributed by atoms with Crippen LogP contribution in [0.25, 0.3) is 10.9 Å². The van der Waals surface area contributed by atoms with Crippen LogP contribution >= 0.6 is 15.9 Å². The Labute approximate surface area is 193 Å². The predicted octanol–water partition coefficient (Wildman–Crippen LogP) is 5.39. The fourth-order valence-electron chi connectivity index (χ4n) is 3.28. The molecule has 1 heterocycles. The van der Waals surface area contributed by atoms with Gasteiger partial charge in [-0.1, -0.05) is 46.3 Å². The van der Waals surface area contributed by atoms with Crippen molar-refractivity contribution >= 4 is 42.6 Å². The average Bonchev–Trinajstić information content (AvgIpc) is 2.75. The van der Waals surface area contributed by atoms with Gasteiger partial charge in [-0.05, 0) is 54.1 Å². The van der Waals surface area contributed by atoms with Crippen LogP contribution in [-0.2, 0) is 26.8 Å². The zero-order valence-corrected chi connectivity index (χ0v) is 19.1. The number of rotatable bonds is 7. The summed E-state index contributed by atoms with van der Waals surface area (Å²) in [5.74, 6) is -0.457. The van der Waals surface area contributed by atoms with Crippen LogP contribution in [0.3, 0.4) is 0 Å². The van der Waals surface area contributed by atoms with Crippen LogP contribution in [0.15, 0.2) is 88.4 Å². The number of nitrogens with zero attached hydrogens (tertiary/aromatic N) is 1. The number of aromatic nitrogens is 1. The van der Waals surface area contributed by atoms with Crippen LogP contribution in [0.1, 0.15) is 11.1 Å². The Bertz CT molecular complexity index is 1420. The topological polar surface area (TPSA) is 93.6 Å². The highest BCUT2D eigenvalue weighted by molar-refractivity contribution is 9.10. The Kier molecular flexibility index (Phi) is 6.25. The van der Waals surface area contributed by atoms with Crippen molar-refractivity contribution in [3.8, 4) is 11.5 Å². The van der Waals surface area contributed by atoms with Gasteiger partial charge in [0.05, 0.1) is 17.7 Å². The van der Waals surface area contributed by atoms with E-state index in [1.807, 2.05) is 18.2 Å². The van der Waals surface area contributed by atoms with E-state index in [1.165, 1.54) is 6.07 Å². The van der Waals surface area contributed by atoms with Crippen molar-refractivity contribution < 1.29 is 23.1 Å². The molecule has 0 fully saturated rings. The zero-order valence-electron chi connectivity index (χ0n) is 16.7. The smallest absolute Gasteiger partial charge is 0.307 e. The van der Waals surface area contributed by atoms with Gasteiger partial charge in [0.2, 0.25) is 0 Å². The Morgan fingerprint density at radius 3 is 2.59 bits per heavy atom. The fraction of sp³-hybridized carbons (Fsp3) is 0.0833. The summed E-state index contributed by atoms with van der Waals surface area (Å²) in [4.78, 5) is 15.3. The first kappa shape index (κ1) is 22.0. The summed E-state index contributed by atoms with van der Waals surface area (Å²) in [6.07, 6.45) is -0.133. The van der Waals surface area contributed by atoms with Gasteiger partial charge in [-0.3, -0.25) is 4.79 Å². The molecule has 4 aromatic rings. The van der Waals surface area contributed by atoms with Crippen LogP contribution < -0.4 is 4.74 Å². The summed E-state index contributed by atoms with van der Waals surface area (Å²) in [5.41, 5.74) is 1.65. The van der Waals surface area contributed by atoms with E-state index in [2.05, 4.69) is 20.9 Å². The molecular formula is C24H18BrNO5S. The Hall–Kier alpha value is -3.23. The second-order valence-corrected chi connectivity index (χ2v) is 10.0. The van der Waals surface area contributed by atoms with E-state index in [-0.39, 0.29) is 17.2 Å². The normalized spacial score (nSPS) is 11.4. The van der Waals surface area contributed by atoms with E-state index < -0.39 is 15.8 Å². The Morgan fingerprint density at radius 1 is 0.969 bits per heavy atom. The molecular weight excluding hydrogens is 494 g/mol. The lowest BCUT2D eigenvalue weighted by Crippen LogP contribution is -2.08. The minimum absolute atomic E-state index is 0.00872. The maximum absolute atomic E-state index is 13.1. The molecule has 0 aliphatic carbocycles. The van der Waals surface area contributed by atoms with E-state index in [4.69, 9.17) is 9.84 Å². The summed E-state index contributed by atoms with van der Waals surface area (Å²) >= 11 is 3.39. The Morgan fingerprint density at radius 2 is 1.78 bits per heavy atom. The lowest BCUT2D eigenvalue weighted by atomic mass is 10.1. The molecule has 32 heavy (non-hydrogen) atoms. The molecule has 0 spiro atoms. The number of para-hydroxylation sites is 1. The number of halogens is 1. The molecule has 0 saturated carbocycles. The van der Waals surface area contributed by atoms with Crippen molar-refractivity contribution in [2.45, 2.75) is 17.2 Å². The number of fused-ring (bicyclic) bond motifs is 1. The van der Waals surface area contributed by atoms with Crippen molar-refractivity contribution in [1.29, 1.82) is 0 Å². The quantitative estimate of drug-likeness (QED) is 0.357. The summed E-state index contributed by atoms with van der Waals surface area (Å²) in [7, 11) is -3.75. The number of aliphatic carboxylic acids is 1. The molecule has 6 nitrogen and oxygen atoms in total. The number of hydrogen-bond acceptors (Lipinski definition) is 5. The van der Waals surface area contributed by atoms with Gasteiger partial charge in [-0.15, -0.1) is 0 Å². The van der Waals surface area contributed by atoms with Gasteiger partial charge in [0.25, 0.3) is 0 Å². The highest BCUT2D eigenvalue weighted by atomic mass is 79.9. The molecule has 162 valence electrons. The second kappa shape index (κ2) is 9.10. The summed E-state index contributed by atoms with van der Waals surface area (Å²) < 4.78 is 32.9. The molecule has 0 aliphatic heterocycles. The van der Waals surface area contributed by atoms with E-state index in [0.717, 1.165) is 5.39 Å². The first-order valence-corrected chi connectivity index (χ1v) is 12.1. The number of carbonyl (C=O) groups is 1. The summed E-state index contributed by atoms with van der Waals surface area (Å²) in [6.45, 7) is 0. The van der Waals surface area contributed by atoms with Crippen molar-refractivity contribution in [3.63, 3.8) is 0 Å². The van der Waals surface area contributed by atoms with E-state index in [9.17, 15) is 13.2 Å². The van der Waals surface area contributed by atoms with Gasteiger partial charge in [0, 0.05) is 15.4 Å². The van der Waals surface area contributed by atoms with E-state index in [0.29, 0.717) is 32.6 Å². The number of carboxylic acid groups (broad SMARTS) is 1. The SMILES string of the molecule is O=C(O)Cc1cccc(Oc2ccc(Br)cc2CS(=O)(=O)c2ccc3ccccc3n2)c1. The highest BCUT2D eigenvalue weighted by Crippen LogP contribution is 2.31. The van der Waals surface area contributed by atoms with Crippen molar-refractivity contribution in [2.75, 3.05) is 0 Å². The molecule has 0 saturated heterocycles. The van der Waals surface area contributed by atoms with Crippen molar-refractivity contribution in [3.05, 3.63) is 94.5 Å². The number of benzene rings is 3. The number of carboxylic acids is 1. The molecule has 1 aromatic heterocycles. The third-order valence-corrected chi connectivity index (χ3v) is 6.79. The van der Waals surface area contributed by atoms with Crippen molar-refractivity contribution in [1.82, 2.24) is 4.98 Å². The first-order chi connectivity index (χ1) is 15.3. The summed E-state index contributed by atoms with van der Waals surface area (Å²) in [6, 6.07) is 22.4. The first-order valence-electron chi connectivity index (χ1n) is 9.66. The molecule has 4 rings (SSSR count). The third kappa shape index (κ3) is 5.15. The van der Waals surface area contributed by atoms with Gasteiger partial charge in [0.1, 0.15) is 11.5 Å². The average molecular weight is 512 g/mol. The molecule has 0 bridgehead atoms. The number of ether oxygens (including phenoxy) is 1. The van der Waals surface area contributed by atoms with Crippen molar-refractivity contribution in [2.24, 2.45) is 0 Å². The third-order valence-electron chi connectivity index (χ3n) is 4.74. The maximum atomic E-state index is 13.1. The zero-order chi connectivity index (χ0) is 22.7. The monoisotopic (exact) mass is 511 g/mol. The molecule has 0 amide bonds. The lowest BCUT2D eigenvalue weighted by Gasteiger charge is -2.13. The predicted molar refractivity (Wildman–Crippen MR) is 125 cm³/mol. The molecule has 0 atom stereocenters. The summed E-state index contributed by atoms with van der Waals surface area (Å²) in [5, 5.41) is 9.86. The van der Waals surface area contributed by atoms with E-state index in [1.54, 1.807) is 54.6 Å². The number of pyridine rings is 1. The molecule has 0 unspecified atom stereocenters. The second-order valence-electron chi connectivity index (χ2n) is 7.17. The van der Waals surface area contributed by atoms with Crippen LogP contribution in [0.2, 0.25) is 0 Å². The van der Waals surface area contributed by atoms with Gasteiger partial charge < -0.3 is 9.84 Å². The molecule has 8 heteroatoms. The fourth-order valence-corrected chi connectivity index (χ4v) is 4.98. The van der Waals surface area contributed by atoms with Crippen LogP contribution in [0.5, 0.6) is 11.5 Å². The minimum Gasteiger partial charge on any atom is -0.481 e. The number of sulfone groups is 1. The van der Waals surface area contributed by atoms with Gasteiger partial charge in [-0.2, -0.15) is 0 Å². The van der Waals surface area contributed by atoms with E-state index >= 15 is 0 Å². The van der Waals surface area contributed by atoms with Gasteiger partial charge in [0.15, 0.2) is 14.9 Å². The van der Waals surface area contributed by atoms with Crippen LogP contribution in [0.4, 0.5) is 0 Å². The van der Waals surface area contributed by atoms with Gasteiger partial charge in [-0.25, -0.2) is 13.4 Å². The lowest BCUT2D eigenvalue weighted by molar-refractivity contribution is -0.136. The van der Waals surface area contributed by atoms with Crippen LogP contribution in [-0.4, -0.2) is 24.5 Å². The molecule has 0 radical (unpaired) electrons. The minimum atomic E-state index is -3.75. The molecule has 0 aliphatic rings.